The van der Waals surface area contributed by atoms with Crippen LogP contribution < -0.4 is 0 Å². The molecule has 1 aliphatic rings. The number of benzene rings is 5. The van der Waals surface area contributed by atoms with Gasteiger partial charge >= 0.3 is 0 Å². The van der Waals surface area contributed by atoms with Gasteiger partial charge in [-0.2, -0.15) is 0 Å². The second-order valence-corrected chi connectivity index (χ2v) is 19.1. The van der Waals surface area contributed by atoms with Crippen molar-refractivity contribution >= 4 is 60.0 Å². The standard InChI is InChI=1S/C39H33N2O.C16H18N.Ir/c1-38(2)19-24(20-39(3,4)22-38)23-15-16-33-30(17-23)26-10-7-11-27-31-21-40-32(18-34(31)41(33)36(26)27)29-13-8-12-28-25-9-5-6-14-35(25)42-37(28)29;1-16(2,3)11-13-9-10-15(17-12-13)14-7-5-4-6-8-14;/h5-12,14-18,21,24H,19-20,22H2,1-4H3;4-7,9-10,12H,11H2,1-3H3;/q2*-1;/i24D;11D2;. The number of nitrogens with zero attached hydrogens (tertiary/aromatic N) is 3. The van der Waals surface area contributed by atoms with Crippen LogP contribution in [0.5, 0.6) is 0 Å². The summed E-state index contributed by atoms with van der Waals surface area (Å²) in [5.74, 6) is -0.605. The first-order valence-corrected chi connectivity index (χ1v) is 20.8. The Labute approximate surface area is 371 Å². The van der Waals surface area contributed by atoms with Crippen LogP contribution in [0.25, 0.3) is 82.5 Å². The van der Waals surface area contributed by atoms with Crippen LogP contribution in [0.3, 0.4) is 0 Å². The minimum absolute atomic E-state index is 0. The zero-order valence-corrected chi connectivity index (χ0v) is 37.7. The predicted molar refractivity (Wildman–Crippen MR) is 246 cm³/mol. The van der Waals surface area contributed by atoms with Crippen molar-refractivity contribution in [2.75, 3.05) is 0 Å². The van der Waals surface area contributed by atoms with Gasteiger partial charge in [0.25, 0.3) is 0 Å². The monoisotopic (exact) mass is 965 g/mol. The van der Waals surface area contributed by atoms with Gasteiger partial charge in [0.1, 0.15) is 5.58 Å². The van der Waals surface area contributed by atoms with E-state index in [0.717, 1.165) is 80.2 Å². The molecule has 5 heterocycles. The van der Waals surface area contributed by atoms with Crippen LogP contribution in [0.2, 0.25) is 0 Å². The molecule has 0 saturated heterocycles. The number of fused-ring (bicyclic) bond motifs is 9. The molecule has 5 aromatic carbocycles. The molecule has 5 heteroatoms. The van der Waals surface area contributed by atoms with E-state index in [0.29, 0.717) is 5.56 Å². The topological polar surface area (TPSA) is 43.3 Å². The van der Waals surface area contributed by atoms with E-state index in [1.54, 1.807) is 6.20 Å². The molecule has 303 valence electrons. The van der Waals surface area contributed by atoms with E-state index in [1.807, 2.05) is 87.6 Å². The summed E-state index contributed by atoms with van der Waals surface area (Å²) in [5, 5.41) is 6.98. The van der Waals surface area contributed by atoms with Crippen molar-refractivity contribution in [3.63, 3.8) is 0 Å². The van der Waals surface area contributed by atoms with Gasteiger partial charge in [-0.05, 0) is 88.5 Å². The first-order chi connectivity index (χ1) is 29.4. The van der Waals surface area contributed by atoms with Crippen LogP contribution in [0.15, 0.2) is 132 Å². The van der Waals surface area contributed by atoms with Crippen molar-refractivity contribution in [1.82, 2.24) is 14.4 Å². The van der Waals surface area contributed by atoms with Crippen molar-refractivity contribution in [3.05, 3.63) is 151 Å². The van der Waals surface area contributed by atoms with E-state index in [-0.39, 0.29) is 30.9 Å². The Morgan fingerprint density at radius 1 is 0.717 bits per heavy atom. The molecule has 5 aromatic heterocycles. The fraction of sp³-hybridized carbons (Fsp3) is 0.273. The maximum Gasteiger partial charge on any atom is 0.120 e. The zero-order chi connectivity index (χ0) is 43.4. The van der Waals surface area contributed by atoms with Crippen molar-refractivity contribution < 1.29 is 28.6 Å². The summed E-state index contributed by atoms with van der Waals surface area (Å²) in [4.78, 5) is 9.31. The van der Waals surface area contributed by atoms with E-state index in [4.69, 9.17) is 12.1 Å². The number of pyridine rings is 2. The van der Waals surface area contributed by atoms with E-state index < -0.39 is 17.7 Å². The molecule has 0 spiro atoms. The van der Waals surface area contributed by atoms with Gasteiger partial charge in [-0.3, -0.25) is 0 Å². The summed E-state index contributed by atoms with van der Waals surface area (Å²) in [6.45, 7) is 15.0. The molecule has 1 fully saturated rings. The molecule has 0 bridgehead atoms. The first-order valence-electron chi connectivity index (χ1n) is 22.3. The average molecular weight is 965 g/mol. The summed E-state index contributed by atoms with van der Waals surface area (Å²) >= 11 is 0. The van der Waals surface area contributed by atoms with Gasteiger partial charge in [0.05, 0.1) is 16.6 Å². The molecule has 1 aliphatic carbocycles. The molecule has 0 unspecified atom stereocenters. The van der Waals surface area contributed by atoms with Gasteiger partial charge in [0.15, 0.2) is 0 Å². The Kier molecular flexibility index (Phi) is 9.11. The second kappa shape index (κ2) is 15.0. The van der Waals surface area contributed by atoms with Gasteiger partial charge in [0, 0.05) is 69.1 Å². The third-order valence-electron chi connectivity index (χ3n) is 11.8. The third kappa shape index (κ3) is 7.31. The molecule has 0 atom stereocenters. The fourth-order valence-corrected chi connectivity index (χ4v) is 10.1. The first kappa shape index (κ1) is 36.5. The number of hydrogen-bond acceptors (Lipinski definition) is 3. The molecule has 11 rings (SSSR count). The van der Waals surface area contributed by atoms with Crippen LogP contribution in [0, 0.1) is 28.4 Å². The van der Waals surface area contributed by atoms with Gasteiger partial charge in [-0.15, -0.1) is 54.1 Å². The smallest absolute Gasteiger partial charge is 0.120 e. The van der Waals surface area contributed by atoms with Gasteiger partial charge in [-0.25, -0.2) is 0 Å². The molecule has 1 radical (unpaired) electrons. The summed E-state index contributed by atoms with van der Waals surface area (Å²) < 4.78 is 34.9. The zero-order valence-electron chi connectivity index (χ0n) is 38.3. The summed E-state index contributed by atoms with van der Waals surface area (Å²) in [6.07, 6.45) is 5.13. The maximum absolute atomic E-state index is 9.74. The molecular formula is C55H51IrN3O-2. The second-order valence-electron chi connectivity index (χ2n) is 19.1. The minimum atomic E-state index is -1.40. The average Bonchev–Trinajstić information content (AvgIpc) is 3.89. The molecule has 4 nitrogen and oxygen atoms in total. The van der Waals surface area contributed by atoms with Crippen LogP contribution in [-0.2, 0) is 26.5 Å². The summed E-state index contributed by atoms with van der Waals surface area (Å²) in [5.41, 5.74) is 10.2. The predicted octanol–water partition coefficient (Wildman–Crippen LogP) is 15.1. The quantitative estimate of drug-likeness (QED) is 0.165. The van der Waals surface area contributed by atoms with Gasteiger partial charge < -0.3 is 18.8 Å². The maximum atomic E-state index is 9.74. The number of aromatic nitrogens is 3. The molecule has 10 aromatic rings. The normalized spacial score (nSPS) is 17.0. The molecule has 60 heavy (non-hydrogen) atoms. The summed E-state index contributed by atoms with van der Waals surface area (Å²) in [6, 6.07) is 45.6. The Morgan fingerprint density at radius 2 is 1.45 bits per heavy atom. The fourth-order valence-electron chi connectivity index (χ4n) is 10.1. The van der Waals surface area contributed by atoms with E-state index in [1.165, 1.54) is 27.2 Å². The largest absolute Gasteiger partial charge is 0.501 e. The van der Waals surface area contributed by atoms with Crippen LogP contribution in [0.4, 0.5) is 0 Å². The molecule has 1 saturated carbocycles. The number of furan rings is 1. The SMILES string of the molecule is [2H]C([2H])(c1ccc(-c2[c-]cccc2)nc1)C(C)(C)C.[2H]C1(c2ccc3c(c2)c2cccc4c5cnc(-c6[c-]ccc7c6oc6ccccc67)cc5n3c24)CC(C)(C)CC(C)(C)C1.[Ir]. The Bertz CT molecular complexity index is 3290. The van der Waals surface area contributed by atoms with E-state index in [9.17, 15) is 1.37 Å². The van der Waals surface area contributed by atoms with Gasteiger partial charge in [-0.1, -0.05) is 120 Å². The molecule has 0 amide bonds. The van der Waals surface area contributed by atoms with Crippen molar-refractivity contribution in [3.8, 4) is 22.5 Å². The Hall–Kier alpha value is -5.35. The number of para-hydroxylation sites is 2. The van der Waals surface area contributed by atoms with E-state index >= 15 is 0 Å². The van der Waals surface area contributed by atoms with Gasteiger partial charge in [0.2, 0.25) is 0 Å². The van der Waals surface area contributed by atoms with Crippen LogP contribution >= 0.6 is 0 Å². The Morgan fingerprint density at radius 3 is 2.18 bits per heavy atom. The van der Waals surface area contributed by atoms with Crippen molar-refractivity contribution in [2.45, 2.75) is 80.0 Å². The summed E-state index contributed by atoms with van der Waals surface area (Å²) in [7, 11) is 0. The van der Waals surface area contributed by atoms with Crippen molar-refractivity contribution in [1.29, 1.82) is 0 Å². The van der Waals surface area contributed by atoms with Crippen LogP contribution in [0.1, 0.15) is 88.9 Å². The Balaban J connectivity index is 0.000000213. The molecule has 0 N–H and O–H groups in total. The number of rotatable bonds is 4. The van der Waals surface area contributed by atoms with Crippen molar-refractivity contribution in [2.24, 2.45) is 16.2 Å². The van der Waals surface area contributed by atoms with Crippen LogP contribution in [-0.4, -0.2) is 14.4 Å². The minimum Gasteiger partial charge on any atom is -0.501 e. The molecule has 0 aliphatic heterocycles. The molecular weight excluding hydrogens is 911 g/mol. The number of hydrogen-bond donors (Lipinski definition) is 0. The van der Waals surface area contributed by atoms with E-state index in [2.05, 4.69) is 104 Å². The third-order valence-corrected chi connectivity index (χ3v) is 11.8.